The summed E-state index contributed by atoms with van der Waals surface area (Å²) in [5, 5.41) is 5.02. The van der Waals surface area contributed by atoms with Crippen LogP contribution < -0.4 is 4.90 Å². The summed E-state index contributed by atoms with van der Waals surface area (Å²) in [7, 11) is 0. The van der Waals surface area contributed by atoms with Crippen LogP contribution in [-0.2, 0) is 0 Å². The Kier molecular flexibility index (Phi) is 6.86. The SMILES string of the molecule is c1ccc(-c2ccc(N(c3ccc(-c4c5ccccc5c(-c5ccccc5)c5ccccc45)cc3)c3ccccn3)cc2)cc1. The van der Waals surface area contributed by atoms with Crippen LogP contribution in [0.4, 0.5) is 17.2 Å². The number of hydrogen-bond acceptors (Lipinski definition) is 2. The minimum atomic E-state index is 0.876. The minimum absolute atomic E-state index is 0.876. The zero-order valence-electron chi connectivity index (χ0n) is 24.7. The molecule has 1 heterocycles. The summed E-state index contributed by atoms with van der Waals surface area (Å²) in [6.07, 6.45) is 1.85. The molecule has 0 radical (unpaired) electrons. The number of hydrogen-bond donors (Lipinski definition) is 0. The van der Waals surface area contributed by atoms with Crippen molar-refractivity contribution in [3.05, 3.63) is 182 Å². The van der Waals surface area contributed by atoms with Crippen LogP contribution in [0, 0.1) is 0 Å². The van der Waals surface area contributed by atoms with Gasteiger partial charge < -0.3 is 0 Å². The average molecular weight is 575 g/mol. The van der Waals surface area contributed by atoms with E-state index in [1.807, 2.05) is 24.4 Å². The Labute approximate surface area is 263 Å². The van der Waals surface area contributed by atoms with Crippen molar-refractivity contribution in [1.29, 1.82) is 0 Å². The maximum atomic E-state index is 4.74. The van der Waals surface area contributed by atoms with E-state index in [9.17, 15) is 0 Å². The Balaban J connectivity index is 1.26. The summed E-state index contributed by atoms with van der Waals surface area (Å²) >= 11 is 0. The Hall–Kier alpha value is -5.99. The fourth-order valence-corrected chi connectivity index (χ4v) is 6.47. The third-order valence-corrected chi connectivity index (χ3v) is 8.52. The fraction of sp³-hybridized carbons (Fsp3) is 0. The number of anilines is 3. The highest BCUT2D eigenvalue weighted by Crippen LogP contribution is 2.44. The number of rotatable bonds is 6. The highest BCUT2D eigenvalue weighted by Gasteiger charge is 2.18. The first-order valence-corrected chi connectivity index (χ1v) is 15.3. The maximum absolute atomic E-state index is 4.74. The largest absolute Gasteiger partial charge is 0.295 e. The molecule has 7 aromatic carbocycles. The van der Waals surface area contributed by atoms with Crippen LogP contribution >= 0.6 is 0 Å². The van der Waals surface area contributed by atoms with Gasteiger partial charge in [0.25, 0.3) is 0 Å². The smallest absolute Gasteiger partial charge is 0.137 e. The first kappa shape index (κ1) is 26.6. The third-order valence-electron chi connectivity index (χ3n) is 8.52. The predicted octanol–water partition coefficient (Wildman–Crippen LogP) is 11.9. The van der Waals surface area contributed by atoms with E-state index in [1.165, 1.54) is 54.9 Å². The van der Waals surface area contributed by atoms with Gasteiger partial charge in [0.2, 0.25) is 0 Å². The summed E-state index contributed by atoms with van der Waals surface area (Å²) in [6.45, 7) is 0. The molecule has 2 nitrogen and oxygen atoms in total. The lowest BCUT2D eigenvalue weighted by atomic mass is 9.86. The number of aromatic nitrogens is 1. The molecular weight excluding hydrogens is 544 g/mol. The van der Waals surface area contributed by atoms with Crippen molar-refractivity contribution in [3.8, 4) is 33.4 Å². The van der Waals surface area contributed by atoms with E-state index in [2.05, 4.69) is 163 Å². The second-order valence-corrected chi connectivity index (χ2v) is 11.2. The van der Waals surface area contributed by atoms with Crippen molar-refractivity contribution in [1.82, 2.24) is 4.98 Å². The van der Waals surface area contributed by atoms with Crippen LogP contribution in [0.1, 0.15) is 0 Å². The molecule has 0 atom stereocenters. The molecule has 0 N–H and O–H groups in total. The second-order valence-electron chi connectivity index (χ2n) is 11.2. The molecule has 0 saturated carbocycles. The van der Waals surface area contributed by atoms with Crippen molar-refractivity contribution in [2.24, 2.45) is 0 Å². The summed E-state index contributed by atoms with van der Waals surface area (Å²) in [6, 6.07) is 62.5. The van der Waals surface area contributed by atoms with E-state index in [1.54, 1.807) is 0 Å². The van der Waals surface area contributed by atoms with Crippen molar-refractivity contribution < 1.29 is 0 Å². The lowest BCUT2D eigenvalue weighted by Gasteiger charge is -2.25. The molecule has 0 aliphatic rings. The summed E-state index contributed by atoms with van der Waals surface area (Å²) < 4.78 is 0. The van der Waals surface area contributed by atoms with E-state index in [-0.39, 0.29) is 0 Å². The predicted molar refractivity (Wildman–Crippen MR) is 190 cm³/mol. The molecule has 8 aromatic rings. The number of pyridine rings is 1. The molecule has 0 bridgehead atoms. The molecular formula is C43H30N2. The van der Waals surface area contributed by atoms with Crippen LogP contribution in [0.2, 0.25) is 0 Å². The molecule has 212 valence electrons. The van der Waals surface area contributed by atoms with Gasteiger partial charge in [-0.1, -0.05) is 140 Å². The standard InChI is InChI=1S/C43H30N2/c1-3-13-31(14-4-1)32-22-26-35(27-23-32)45(41-21-11-12-30-44-41)36-28-24-34(25-29-36)43-39-19-9-7-17-37(39)42(33-15-5-2-6-16-33)38-18-8-10-20-40(38)43/h1-30H. The Bertz CT molecular complexity index is 2170. The zero-order chi connectivity index (χ0) is 30.0. The Morgan fingerprint density at radius 1 is 0.311 bits per heavy atom. The minimum Gasteiger partial charge on any atom is -0.295 e. The third kappa shape index (κ3) is 4.93. The molecule has 45 heavy (non-hydrogen) atoms. The number of fused-ring (bicyclic) bond motifs is 2. The number of benzene rings is 7. The van der Waals surface area contributed by atoms with Crippen molar-refractivity contribution in [3.63, 3.8) is 0 Å². The van der Waals surface area contributed by atoms with Crippen LogP contribution in [0.5, 0.6) is 0 Å². The van der Waals surface area contributed by atoms with Gasteiger partial charge in [-0.3, -0.25) is 4.90 Å². The van der Waals surface area contributed by atoms with Gasteiger partial charge in [0.15, 0.2) is 0 Å². The van der Waals surface area contributed by atoms with Crippen LogP contribution in [-0.4, -0.2) is 4.98 Å². The summed E-state index contributed by atoms with van der Waals surface area (Å²) in [5.41, 5.74) is 9.46. The van der Waals surface area contributed by atoms with Gasteiger partial charge in [-0.15, -0.1) is 0 Å². The molecule has 0 fully saturated rings. The molecule has 0 amide bonds. The van der Waals surface area contributed by atoms with E-state index in [4.69, 9.17) is 4.98 Å². The van der Waals surface area contributed by atoms with Gasteiger partial charge in [0.05, 0.1) is 0 Å². The Morgan fingerprint density at radius 3 is 1.16 bits per heavy atom. The maximum Gasteiger partial charge on any atom is 0.137 e. The molecule has 2 heteroatoms. The van der Waals surface area contributed by atoms with Gasteiger partial charge in [0.1, 0.15) is 5.82 Å². The van der Waals surface area contributed by atoms with Crippen LogP contribution in [0.25, 0.3) is 54.9 Å². The monoisotopic (exact) mass is 574 g/mol. The summed E-state index contributed by atoms with van der Waals surface area (Å²) in [5.74, 6) is 0.876. The lowest BCUT2D eigenvalue weighted by Crippen LogP contribution is -2.11. The lowest BCUT2D eigenvalue weighted by molar-refractivity contribution is 1.18. The second kappa shape index (κ2) is 11.6. The van der Waals surface area contributed by atoms with Gasteiger partial charge in [-0.25, -0.2) is 4.98 Å². The molecule has 0 aliphatic heterocycles. The normalized spacial score (nSPS) is 11.1. The quantitative estimate of drug-likeness (QED) is 0.184. The van der Waals surface area contributed by atoms with Crippen molar-refractivity contribution >= 4 is 38.7 Å². The first-order chi connectivity index (χ1) is 22.3. The number of nitrogens with zero attached hydrogens (tertiary/aromatic N) is 2. The van der Waals surface area contributed by atoms with E-state index in [0.29, 0.717) is 0 Å². The van der Waals surface area contributed by atoms with Crippen molar-refractivity contribution in [2.45, 2.75) is 0 Å². The van der Waals surface area contributed by atoms with Crippen LogP contribution in [0.3, 0.4) is 0 Å². The highest BCUT2D eigenvalue weighted by molar-refractivity contribution is 6.21. The molecule has 1 aromatic heterocycles. The molecule has 8 rings (SSSR count). The van der Waals surface area contributed by atoms with Gasteiger partial charge in [-0.05, 0) is 91.3 Å². The zero-order valence-corrected chi connectivity index (χ0v) is 24.7. The molecule has 0 aliphatic carbocycles. The van der Waals surface area contributed by atoms with Gasteiger partial charge >= 0.3 is 0 Å². The fourth-order valence-electron chi connectivity index (χ4n) is 6.47. The first-order valence-electron chi connectivity index (χ1n) is 15.3. The molecule has 0 saturated heterocycles. The van der Waals surface area contributed by atoms with Crippen molar-refractivity contribution in [2.75, 3.05) is 4.90 Å². The molecule has 0 unspecified atom stereocenters. The van der Waals surface area contributed by atoms with E-state index >= 15 is 0 Å². The van der Waals surface area contributed by atoms with Gasteiger partial charge in [-0.2, -0.15) is 0 Å². The van der Waals surface area contributed by atoms with Gasteiger partial charge in [0, 0.05) is 17.6 Å². The highest BCUT2D eigenvalue weighted by atomic mass is 15.2. The van der Waals surface area contributed by atoms with E-state index in [0.717, 1.165) is 17.2 Å². The summed E-state index contributed by atoms with van der Waals surface area (Å²) in [4.78, 5) is 6.95. The topological polar surface area (TPSA) is 16.1 Å². The Morgan fingerprint density at radius 2 is 0.689 bits per heavy atom. The van der Waals surface area contributed by atoms with E-state index < -0.39 is 0 Å². The molecule has 0 spiro atoms. The van der Waals surface area contributed by atoms with Crippen LogP contribution in [0.15, 0.2) is 182 Å². The average Bonchev–Trinajstić information content (AvgIpc) is 3.12.